The SMILES string of the molecule is CC(C)(CCCO)CNc1ncc(N)cc1Cl. The molecule has 0 fully saturated rings. The summed E-state index contributed by atoms with van der Waals surface area (Å²) in [6.07, 6.45) is 3.33. The zero-order valence-electron chi connectivity index (χ0n) is 10.3. The van der Waals surface area contributed by atoms with Gasteiger partial charge in [-0.3, -0.25) is 0 Å². The van der Waals surface area contributed by atoms with Gasteiger partial charge in [0.05, 0.1) is 16.9 Å². The summed E-state index contributed by atoms with van der Waals surface area (Å²) in [7, 11) is 0. The van der Waals surface area contributed by atoms with Crippen molar-refractivity contribution in [3.63, 3.8) is 0 Å². The van der Waals surface area contributed by atoms with Gasteiger partial charge in [0.1, 0.15) is 5.82 Å². The third-order valence-corrected chi connectivity index (χ3v) is 2.90. The molecule has 0 atom stereocenters. The first kappa shape index (κ1) is 14.1. The maximum Gasteiger partial charge on any atom is 0.144 e. The van der Waals surface area contributed by atoms with Crippen molar-refractivity contribution in [1.29, 1.82) is 0 Å². The van der Waals surface area contributed by atoms with Crippen LogP contribution in [0.3, 0.4) is 0 Å². The Labute approximate surface area is 107 Å². The first-order valence-electron chi connectivity index (χ1n) is 5.70. The largest absolute Gasteiger partial charge is 0.397 e. The van der Waals surface area contributed by atoms with Gasteiger partial charge in [0.15, 0.2) is 0 Å². The number of nitrogens with zero attached hydrogens (tertiary/aromatic N) is 1. The molecule has 1 aromatic rings. The van der Waals surface area contributed by atoms with Crippen molar-refractivity contribution >= 4 is 23.1 Å². The first-order valence-corrected chi connectivity index (χ1v) is 6.08. The lowest BCUT2D eigenvalue weighted by Gasteiger charge is -2.25. The zero-order chi connectivity index (χ0) is 12.9. The van der Waals surface area contributed by atoms with E-state index < -0.39 is 0 Å². The Morgan fingerprint density at radius 2 is 2.24 bits per heavy atom. The van der Waals surface area contributed by atoms with Gasteiger partial charge in [0.25, 0.3) is 0 Å². The number of aromatic nitrogens is 1. The molecule has 0 amide bonds. The van der Waals surface area contributed by atoms with Gasteiger partial charge in [-0.15, -0.1) is 0 Å². The van der Waals surface area contributed by atoms with Crippen molar-refractivity contribution in [3.8, 4) is 0 Å². The molecule has 0 aliphatic carbocycles. The highest BCUT2D eigenvalue weighted by Gasteiger charge is 2.17. The van der Waals surface area contributed by atoms with E-state index in [-0.39, 0.29) is 12.0 Å². The van der Waals surface area contributed by atoms with E-state index in [1.807, 2.05) is 0 Å². The van der Waals surface area contributed by atoms with E-state index in [9.17, 15) is 0 Å². The van der Waals surface area contributed by atoms with Gasteiger partial charge in [0.2, 0.25) is 0 Å². The molecule has 0 unspecified atom stereocenters. The van der Waals surface area contributed by atoms with E-state index in [4.69, 9.17) is 22.4 Å². The zero-order valence-corrected chi connectivity index (χ0v) is 11.1. The Bertz CT molecular complexity index is 369. The van der Waals surface area contributed by atoms with Crippen LogP contribution >= 0.6 is 11.6 Å². The highest BCUT2D eigenvalue weighted by Crippen LogP contribution is 2.25. The molecule has 96 valence electrons. The molecule has 17 heavy (non-hydrogen) atoms. The molecular formula is C12H20ClN3O. The number of nitrogens with two attached hydrogens (primary N) is 1. The summed E-state index contributed by atoms with van der Waals surface area (Å²) >= 11 is 6.02. The van der Waals surface area contributed by atoms with E-state index in [1.165, 1.54) is 0 Å². The van der Waals surface area contributed by atoms with Gasteiger partial charge in [-0.1, -0.05) is 25.4 Å². The number of anilines is 2. The maximum absolute atomic E-state index is 8.82. The van der Waals surface area contributed by atoms with E-state index in [1.54, 1.807) is 12.3 Å². The molecule has 0 spiro atoms. The highest BCUT2D eigenvalue weighted by atomic mass is 35.5. The van der Waals surface area contributed by atoms with Crippen LogP contribution in [0.15, 0.2) is 12.3 Å². The number of rotatable bonds is 6. The maximum atomic E-state index is 8.82. The molecule has 0 bridgehead atoms. The van der Waals surface area contributed by atoms with E-state index in [2.05, 4.69) is 24.1 Å². The molecule has 0 saturated heterocycles. The van der Waals surface area contributed by atoms with Crippen molar-refractivity contribution in [3.05, 3.63) is 17.3 Å². The average Bonchev–Trinajstić information content (AvgIpc) is 2.25. The van der Waals surface area contributed by atoms with Crippen LogP contribution in [0.1, 0.15) is 26.7 Å². The number of nitrogen functional groups attached to an aromatic ring is 1. The van der Waals surface area contributed by atoms with E-state index >= 15 is 0 Å². The number of nitrogens with one attached hydrogen (secondary N) is 1. The first-order chi connectivity index (χ1) is 7.94. The minimum atomic E-state index is 0.0924. The van der Waals surface area contributed by atoms with Gasteiger partial charge in [-0.25, -0.2) is 4.98 Å². The number of hydrogen-bond acceptors (Lipinski definition) is 4. The predicted molar refractivity (Wildman–Crippen MR) is 72.2 cm³/mol. The number of aliphatic hydroxyl groups is 1. The third-order valence-electron chi connectivity index (χ3n) is 2.61. The molecule has 4 N–H and O–H groups in total. The number of pyridine rings is 1. The molecule has 1 aromatic heterocycles. The molecule has 0 saturated carbocycles. The van der Waals surface area contributed by atoms with Crippen molar-refractivity contribution in [2.75, 3.05) is 24.2 Å². The van der Waals surface area contributed by atoms with Crippen LogP contribution in [0.25, 0.3) is 0 Å². The Morgan fingerprint density at radius 3 is 2.82 bits per heavy atom. The van der Waals surface area contributed by atoms with Crippen molar-refractivity contribution in [2.24, 2.45) is 5.41 Å². The van der Waals surface area contributed by atoms with Gasteiger partial charge >= 0.3 is 0 Å². The quantitative estimate of drug-likeness (QED) is 0.732. The van der Waals surface area contributed by atoms with Crippen LogP contribution in [-0.2, 0) is 0 Å². The second-order valence-electron chi connectivity index (χ2n) is 4.94. The monoisotopic (exact) mass is 257 g/mol. The minimum Gasteiger partial charge on any atom is -0.397 e. The van der Waals surface area contributed by atoms with Crippen molar-refractivity contribution in [2.45, 2.75) is 26.7 Å². The van der Waals surface area contributed by atoms with E-state index in [0.717, 1.165) is 19.4 Å². The molecule has 0 aliphatic heterocycles. The van der Waals surface area contributed by atoms with Crippen LogP contribution in [-0.4, -0.2) is 23.2 Å². The third kappa shape index (κ3) is 4.79. The molecule has 4 nitrogen and oxygen atoms in total. The Hall–Kier alpha value is -1.00. The predicted octanol–water partition coefficient (Wildman–Crippen LogP) is 2.53. The van der Waals surface area contributed by atoms with Gasteiger partial charge < -0.3 is 16.2 Å². The number of halogens is 1. The summed E-state index contributed by atoms with van der Waals surface area (Å²) < 4.78 is 0. The smallest absolute Gasteiger partial charge is 0.144 e. The second kappa shape index (κ2) is 6.07. The standard InChI is InChI=1S/C12H20ClN3O/c1-12(2,4-3-5-17)8-16-11-10(13)6-9(14)7-15-11/h6-7,17H,3-5,8,14H2,1-2H3,(H,15,16). The fraction of sp³-hybridized carbons (Fsp3) is 0.583. The lowest BCUT2D eigenvalue weighted by molar-refractivity contribution is 0.248. The molecule has 0 aromatic carbocycles. The van der Waals surface area contributed by atoms with E-state index in [0.29, 0.717) is 16.5 Å². The van der Waals surface area contributed by atoms with Crippen LogP contribution in [0.5, 0.6) is 0 Å². The Morgan fingerprint density at radius 1 is 1.53 bits per heavy atom. The van der Waals surface area contributed by atoms with Crippen LogP contribution in [0.4, 0.5) is 11.5 Å². The summed E-state index contributed by atoms with van der Waals surface area (Å²) in [5.41, 5.74) is 6.22. The average molecular weight is 258 g/mol. The van der Waals surface area contributed by atoms with Crippen LogP contribution < -0.4 is 11.1 Å². The van der Waals surface area contributed by atoms with Gasteiger partial charge in [-0.2, -0.15) is 0 Å². The number of hydrogen-bond donors (Lipinski definition) is 3. The summed E-state index contributed by atoms with van der Waals surface area (Å²) in [5, 5.41) is 12.6. The Balaban J connectivity index is 2.54. The molecule has 0 aliphatic rings. The normalized spacial score (nSPS) is 11.5. The van der Waals surface area contributed by atoms with Gasteiger partial charge in [-0.05, 0) is 24.3 Å². The molecule has 1 heterocycles. The topological polar surface area (TPSA) is 71.2 Å². The van der Waals surface area contributed by atoms with Crippen molar-refractivity contribution < 1.29 is 5.11 Å². The van der Waals surface area contributed by atoms with Crippen LogP contribution in [0, 0.1) is 5.41 Å². The lowest BCUT2D eigenvalue weighted by Crippen LogP contribution is -2.24. The summed E-state index contributed by atoms with van der Waals surface area (Å²) in [5.74, 6) is 0.651. The highest BCUT2D eigenvalue weighted by molar-refractivity contribution is 6.33. The van der Waals surface area contributed by atoms with Crippen LogP contribution in [0.2, 0.25) is 5.02 Å². The fourth-order valence-corrected chi connectivity index (χ4v) is 1.79. The molecular weight excluding hydrogens is 238 g/mol. The van der Waals surface area contributed by atoms with Crippen molar-refractivity contribution in [1.82, 2.24) is 4.98 Å². The molecule has 5 heteroatoms. The molecule has 1 rings (SSSR count). The summed E-state index contributed by atoms with van der Waals surface area (Å²) in [6.45, 7) is 5.26. The lowest BCUT2D eigenvalue weighted by atomic mass is 9.88. The molecule has 0 radical (unpaired) electrons. The minimum absolute atomic E-state index is 0.0924. The summed E-state index contributed by atoms with van der Waals surface area (Å²) in [4.78, 5) is 4.14. The van der Waals surface area contributed by atoms with Gasteiger partial charge in [0, 0.05) is 13.2 Å². The second-order valence-corrected chi connectivity index (χ2v) is 5.35. The fourth-order valence-electron chi connectivity index (χ4n) is 1.55. The Kier molecular flexibility index (Phi) is 5.02. The summed E-state index contributed by atoms with van der Waals surface area (Å²) in [6, 6.07) is 1.68. The number of aliphatic hydroxyl groups excluding tert-OH is 1.